The molecule has 0 unspecified atom stereocenters. The van der Waals surface area contributed by atoms with Crippen molar-refractivity contribution >= 4 is 29.0 Å². The van der Waals surface area contributed by atoms with Gasteiger partial charge in [0, 0.05) is 30.5 Å². The van der Waals surface area contributed by atoms with Gasteiger partial charge >= 0.3 is 0 Å². The molecule has 0 radical (unpaired) electrons. The molecule has 0 aliphatic rings. The van der Waals surface area contributed by atoms with Gasteiger partial charge in [0.1, 0.15) is 6.33 Å². The van der Waals surface area contributed by atoms with Crippen molar-refractivity contribution in [2.24, 2.45) is 0 Å². The van der Waals surface area contributed by atoms with Crippen molar-refractivity contribution in [3.8, 4) is 5.95 Å². The van der Waals surface area contributed by atoms with E-state index in [-0.39, 0.29) is 0 Å². The highest BCUT2D eigenvalue weighted by Crippen LogP contribution is 2.28. The molecular weight excluding hydrogens is 294 g/mol. The first-order chi connectivity index (χ1) is 9.74. The van der Waals surface area contributed by atoms with Gasteiger partial charge in [0.15, 0.2) is 4.34 Å². The summed E-state index contributed by atoms with van der Waals surface area (Å²) in [4.78, 5) is 21.4. The number of aryl methyl sites for hydroxylation is 1. The summed E-state index contributed by atoms with van der Waals surface area (Å²) in [5.41, 5.74) is 0.996. The Balaban J connectivity index is 1.96. The smallest absolute Gasteiger partial charge is 0.240 e. The molecule has 0 aliphatic carbocycles. The Morgan fingerprint density at radius 1 is 1.25 bits per heavy atom. The fraction of sp³-hybridized carbons (Fsp3) is 0.182. The van der Waals surface area contributed by atoms with Crippen LogP contribution in [0.5, 0.6) is 0 Å². The predicted octanol–water partition coefficient (Wildman–Crippen LogP) is 2.02. The van der Waals surface area contributed by atoms with Gasteiger partial charge in [-0.15, -0.1) is 11.3 Å². The molecule has 0 fully saturated rings. The Morgan fingerprint density at radius 3 is 2.80 bits per heavy atom. The van der Waals surface area contributed by atoms with Crippen LogP contribution in [0, 0.1) is 6.92 Å². The first-order valence-electron chi connectivity index (χ1n) is 5.77. The average Bonchev–Trinajstić information content (AvgIpc) is 3.10. The maximum Gasteiger partial charge on any atom is 0.240 e. The summed E-state index contributed by atoms with van der Waals surface area (Å²) in [6.45, 7) is 1.96. The molecule has 1 N–H and O–H groups in total. The number of hydrogen-bond donors (Lipinski definition) is 1. The number of thiazole rings is 1. The third kappa shape index (κ3) is 2.78. The highest BCUT2D eigenvalue weighted by atomic mass is 32.2. The van der Waals surface area contributed by atoms with Crippen LogP contribution in [0.25, 0.3) is 5.95 Å². The van der Waals surface area contributed by atoms with Crippen LogP contribution in [-0.2, 0) is 0 Å². The van der Waals surface area contributed by atoms with E-state index < -0.39 is 0 Å². The molecule has 0 saturated heterocycles. The molecule has 102 valence electrons. The van der Waals surface area contributed by atoms with Crippen molar-refractivity contribution in [1.82, 2.24) is 29.5 Å². The van der Waals surface area contributed by atoms with Crippen LogP contribution in [0.2, 0.25) is 0 Å². The topological polar surface area (TPSA) is 81.4 Å². The van der Waals surface area contributed by atoms with Crippen molar-refractivity contribution in [3.63, 3.8) is 0 Å². The maximum absolute atomic E-state index is 4.42. The predicted molar refractivity (Wildman–Crippen MR) is 77.5 cm³/mol. The number of nitrogens with zero attached hydrogens (tertiary/aromatic N) is 6. The van der Waals surface area contributed by atoms with Gasteiger partial charge in [0.25, 0.3) is 0 Å². The maximum atomic E-state index is 4.42. The van der Waals surface area contributed by atoms with Crippen molar-refractivity contribution in [2.45, 2.75) is 16.4 Å². The zero-order valence-electron chi connectivity index (χ0n) is 10.8. The summed E-state index contributed by atoms with van der Waals surface area (Å²) in [6.07, 6.45) is 5.12. The molecular formula is C11H11N7S2. The molecule has 0 atom stereocenters. The van der Waals surface area contributed by atoms with Crippen LogP contribution in [-0.4, -0.2) is 36.5 Å². The van der Waals surface area contributed by atoms with Crippen LogP contribution < -0.4 is 5.32 Å². The number of anilines is 1. The summed E-state index contributed by atoms with van der Waals surface area (Å²) in [6, 6.07) is 0. The van der Waals surface area contributed by atoms with E-state index in [0.717, 1.165) is 10.0 Å². The van der Waals surface area contributed by atoms with Gasteiger partial charge in [-0.05, 0) is 18.7 Å². The SMILES string of the molecule is CNc1nc(Sc2nc(C)cs2)nc(-n2ccnc2)n1. The standard InChI is InChI=1S/C11H11N7S2/c1-7-5-19-11(14-7)20-10-16-8(12-2)15-9(17-10)18-4-3-13-6-18/h3-6H,1-2H3,(H,12,15,16,17). The van der Waals surface area contributed by atoms with Crippen molar-refractivity contribution in [2.75, 3.05) is 12.4 Å². The van der Waals surface area contributed by atoms with E-state index in [4.69, 9.17) is 0 Å². The van der Waals surface area contributed by atoms with Crippen molar-refractivity contribution in [1.29, 1.82) is 0 Å². The second-order valence-electron chi connectivity index (χ2n) is 3.82. The second kappa shape index (κ2) is 5.55. The zero-order valence-corrected chi connectivity index (χ0v) is 12.4. The van der Waals surface area contributed by atoms with Crippen molar-refractivity contribution < 1.29 is 0 Å². The summed E-state index contributed by atoms with van der Waals surface area (Å²) in [7, 11) is 1.77. The number of rotatable bonds is 4. The number of nitrogens with one attached hydrogen (secondary N) is 1. The van der Waals surface area contributed by atoms with Gasteiger partial charge in [-0.25, -0.2) is 9.97 Å². The molecule has 3 aromatic heterocycles. The lowest BCUT2D eigenvalue weighted by Crippen LogP contribution is -2.06. The van der Waals surface area contributed by atoms with Gasteiger partial charge < -0.3 is 5.32 Å². The average molecular weight is 305 g/mol. The zero-order chi connectivity index (χ0) is 13.9. The molecule has 0 aromatic carbocycles. The number of aromatic nitrogens is 6. The van der Waals surface area contributed by atoms with Crippen LogP contribution >= 0.6 is 23.1 Å². The molecule has 3 aromatic rings. The first-order valence-corrected chi connectivity index (χ1v) is 7.46. The van der Waals surface area contributed by atoms with Crippen molar-refractivity contribution in [3.05, 3.63) is 29.8 Å². The molecule has 0 saturated carbocycles. The molecule has 0 spiro atoms. The minimum Gasteiger partial charge on any atom is -0.357 e. The fourth-order valence-corrected chi connectivity index (χ4v) is 3.14. The van der Waals surface area contributed by atoms with E-state index in [9.17, 15) is 0 Å². The summed E-state index contributed by atoms with van der Waals surface area (Å²) in [5, 5.41) is 5.53. The molecule has 3 rings (SSSR count). The molecule has 0 aliphatic heterocycles. The van der Waals surface area contributed by atoms with Gasteiger partial charge in [-0.2, -0.15) is 15.0 Å². The molecule has 3 heterocycles. The Bertz CT molecular complexity index is 707. The van der Waals surface area contributed by atoms with E-state index >= 15 is 0 Å². The normalized spacial score (nSPS) is 10.7. The molecule has 0 bridgehead atoms. The Kier molecular flexibility index (Phi) is 3.61. The van der Waals surface area contributed by atoms with E-state index in [1.165, 1.54) is 11.8 Å². The lowest BCUT2D eigenvalue weighted by Gasteiger charge is -2.05. The molecule has 0 amide bonds. The first kappa shape index (κ1) is 13.0. The van der Waals surface area contributed by atoms with E-state index in [0.29, 0.717) is 17.1 Å². The summed E-state index contributed by atoms with van der Waals surface area (Å²) >= 11 is 2.99. The Labute approximate surface area is 123 Å². The molecule has 9 heteroatoms. The van der Waals surface area contributed by atoms with Crippen LogP contribution in [0.3, 0.4) is 0 Å². The Hall–Kier alpha value is -2.00. The third-order valence-electron chi connectivity index (χ3n) is 2.34. The van der Waals surface area contributed by atoms with Crippen LogP contribution in [0.15, 0.2) is 33.6 Å². The monoisotopic (exact) mass is 305 g/mol. The minimum absolute atomic E-state index is 0.513. The van der Waals surface area contributed by atoms with Crippen LogP contribution in [0.4, 0.5) is 5.95 Å². The van der Waals surface area contributed by atoms with E-state index in [1.807, 2.05) is 12.3 Å². The fourth-order valence-electron chi connectivity index (χ4n) is 1.45. The summed E-state index contributed by atoms with van der Waals surface area (Å²) < 4.78 is 2.65. The lowest BCUT2D eigenvalue weighted by atomic mass is 10.6. The quantitative estimate of drug-likeness (QED) is 0.789. The van der Waals surface area contributed by atoms with Gasteiger partial charge in [-0.3, -0.25) is 4.57 Å². The highest BCUT2D eigenvalue weighted by molar-refractivity contribution is 8.00. The lowest BCUT2D eigenvalue weighted by molar-refractivity contribution is 0.827. The largest absolute Gasteiger partial charge is 0.357 e. The number of imidazole rings is 1. The molecule has 7 nitrogen and oxygen atoms in total. The Morgan fingerprint density at radius 2 is 2.15 bits per heavy atom. The highest BCUT2D eigenvalue weighted by Gasteiger charge is 2.10. The molecule has 20 heavy (non-hydrogen) atoms. The van der Waals surface area contributed by atoms with E-state index in [2.05, 4.69) is 30.2 Å². The van der Waals surface area contributed by atoms with Gasteiger partial charge in [0.2, 0.25) is 17.1 Å². The van der Waals surface area contributed by atoms with E-state index in [1.54, 1.807) is 41.7 Å². The van der Waals surface area contributed by atoms with Gasteiger partial charge in [0.05, 0.1) is 0 Å². The summed E-state index contributed by atoms with van der Waals surface area (Å²) in [5.74, 6) is 1.04. The number of hydrogen-bond acceptors (Lipinski definition) is 8. The minimum atomic E-state index is 0.513. The van der Waals surface area contributed by atoms with Crippen LogP contribution in [0.1, 0.15) is 5.69 Å². The van der Waals surface area contributed by atoms with Gasteiger partial charge in [-0.1, -0.05) is 0 Å². The second-order valence-corrected chi connectivity index (χ2v) is 5.89. The third-order valence-corrected chi connectivity index (χ3v) is 4.26.